The summed E-state index contributed by atoms with van der Waals surface area (Å²) in [5, 5.41) is 7.00. The highest BCUT2D eigenvalue weighted by molar-refractivity contribution is 7.17. The van der Waals surface area contributed by atoms with Gasteiger partial charge in [0.25, 0.3) is 0 Å². The van der Waals surface area contributed by atoms with Crippen LogP contribution in [-0.2, 0) is 0 Å². The van der Waals surface area contributed by atoms with Crippen LogP contribution in [0.4, 0.5) is 0 Å². The second-order valence-electron chi connectivity index (χ2n) is 4.64. The summed E-state index contributed by atoms with van der Waals surface area (Å²) in [6, 6.07) is 8.56. The molecule has 0 aliphatic rings. The van der Waals surface area contributed by atoms with Gasteiger partial charge in [-0.15, -0.1) is 11.3 Å². The molecule has 0 fully saturated rings. The molecule has 90 valence electrons. The number of rotatable bonds is 5. The van der Waals surface area contributed by atoms with Crippen molar-refractivity contribution in [3.63, 3.8) is 0 Å². The Morgan fingerprint density at radius 1 is 1.29 bits per heavy atom. The van der Waals surface area contributed by atoms with Gasteiger partial charge in [0.1, 0.15) is 0 Å². The molecule has 0 atom stereocenters. The summed E-state index contributed by atoms with van der Waals surface area (Å²) in [7, 11) is 0. The Morgan fingerprint density at radius 2 is 2.12 bits per heavy atom. The molecule has 1 aromatic carbocycles. The molecule has 2 rings (SSSR count). The zero-order valence-electron chi connectivity index (χ0n) is 10.4. The molecule has 1 nitrogen and oxygen atoms in total. The number of nitrogens with one attached hydrogen (secondary N) is 1. The second-order valence-corrected chi connectivity index (χ2v) is 5.55. The predicted molar refractivity (Wildman–Crippen MR) is 78.6 cm³/mol. The summed E-state index contributed by atoms with van der Waals surface area (Å²) < 4.78 is 1.36. The first-order valence-corrected chi connectivity index (χ1v) is 6.99. The minimum absolute atomic E-state index is 0.713. The molecule has 0 aliphatic heterocycles. The minimum Gasteiger partial charge on any atom is -0.313 e. The lowest BCUT2D eigenvalue weighted by atomic mass is 10.1. The van der Waals surface area contributed by atoms with E-state index in [-0.39, 0.29) is 0 Å². The van der Waals surface area contributed by atoms with Crippen molar-refractivity contribution in [1.29, 1.82) is 0 Å². The molecule has 2 heteroatoms. The lowest BCUT2D eigenvalue weighted by Gasteiger charge is -2.03. The zero-order valence-corrected chi connectivity index (χ0v) is 11.3. The summed E-state index contributed by atoms with van der Waals surface area (Å²) in [4.78, 5) is 0. The van der Waals surface area contributed by atoms with Gasteiger partial charge in [0, 0.05) is 11.2 Å². The van der Waals surface area contributed by atoms with E-state index in [2.05, 4.69) is 61.0 Å². The largest absolute Gasteiger partial charge is 0.313 e. The molecule has 0 saturated heterocycles. The first-order chi connectivity index (χ1) is 8.27. The molecular formula is C15H19NS. The third-order valence-electron chi connectivity index (χ3n) is 2.62. The fourth-order valence-corrected chi connectivity index (χ4v) is 2.70. The minimum atomic E-state index is 0.713. The van der Waals surface area contributed by atoms with Crippen molar-refractivity contribution in [1.82, 2.24) is 5.32 Å². The van der Waals surface area contributed by atoms with Crippen LogP contribution in [0.3, 0.4) is 0 Å². The number of hydrogen-bond acceptors (Lipinski definition) is 2. The maximum absolute atomic E-state index is 3.41. The fraction of sp³-hybridized carbons (Fsp3) is 0.333. The molecule has 1 aromatic heterocycles. The molecule has 0 unspecified atom stereocenters. The predicted octanol–water partition coefficient (Wildman–Crippen LogP) is 4.16. The van der Waals surface area contributed by atoms with Crippen molar-refractivity contribution in [3.05, 3.63) is 41.3 Å². The van der Waals surface area contributed by atoms with E-state index in [1.54, 1.807) is 0 Å². The van der Waals surface area contributed by atoms with E-state index in [0.29, 0.717) is 5.92 Å². The highest BCUT2D eigenvalue weighted by Gasteiger charge is 1.98. The van der Waals surface area contributed by atoms with Crippen LogP contribution >= 0.6 is 11.3 Å². The molecular weight excluding hydrogens is 226 g/mol. The number of thiophene rings is 1. The lowest BCUT2D eigenvalue weighted by Crippen LogP contribution is -2.19. The van der Waals surface area contributed by atoms with Crippen molar-refractivity contribution in [3.8, 4) is 0 Å². The van der Waals surface area contributed by atoms with E-state index in [1.165, 1.54) is 15.6 Å². The Balaban J connectivity index is 1.96. The quantitative estimate of drug-likeness (QED) is 0.780. The van der Waals surface area contributed by atoms with Gasteiger partial charge in [-0.3, -0.25) is 0 Å². The molecule has 0 aliphatic carbocycles. The Morgan fingerprint density at radius 3 is 2.94 bits per heavy atom. The molecule has 2 aromatic rings. The number of fused-ring (bicyclic) bond motifs is 1. The maximum atomic E-state index is 3.41. The van der Waals surface area contributed by atoms with Crippen molar-refractivity contribution >= 4 is 27.5 Å². The Hall–Kier alpha value is -1.12. The van der Waals surface area contributed by atoms with Crippen molar-refractivity contribution < 1.29 is 0 Å². The standard InChI is InChI=1S/C15H19NS/c1-12(2)10-16-9-5-6-13-11-17-15-8-4-3-7-14(13)15/h3-8,11-12,16H,9-10H2,1-2H3. The topological polar surface area (TPSA) is 12.0 Å². The van der Waals surface area contributed by atoms with E-state index in [0.717, 1.165) is 13.1 Å². The van der Waals surface area contributed by atoms with E-state index in [9.17, 15) is 0 Å². The average Bonchev–Trinajstić information content (AvgIpc) is 2.72. The molecule has 0 saturated carbocycles. The van der Waals surface area contributed by atoms with Gasteiger partial charge in [0.05, 0.1) is 0 Å². The normalized spacial score (nSPS) is 11.9. The monoisotopic (exact) mass is 245 g/mol. The third-order valence-corrected chi connectivity index (χ3v) is 3.60. The average molecular weight is 245 g/mol. The summed E-state index contributed by atoms with van der Waals surface area (Å²) in [5.41, 5.74) is 1.33. The van der Waals surface area contributed by atoms with Crippen LogP contribution in [0.15, 0.2) is 35.7 Å². The molecule has 0 spiro atoms. The van der Waals surface area contributed by atoms with E-state index >= 15 is 0 Å². The van der Waals surface area contributed by atoms with Gasteiger partial charge in [-0.25, -0.2) is 0 Å². The summed E-state index contributed by atoms with van der Waals surface area (Å²) in [6.45, 7) is 6.48. The summed E-state index contributed by atoms with van der Waals surface area (Å²) in [5.74, 6) is 0.713. The zero-order chi connectivity index (χ0) is 12.1. The van der Waals surface area contributed by atoms with Crippen LogP contribution in [-0.4, -0.2) is 13.1 Å². The van der Waals surface area contributed by atoms with Gasteiger partial charge in [-0.05, 0) is 34.9 Å². The van der Waals surface area contributed by atoms with Crippen molar-refractivity contribution in [2.45, 2.75) is 13.8 Å². The van der Waals surface area contributed by atoms with Gasteiger partial charge >= 0.3 is 0 Å². The van der Waals surface area contributed by atoms with Crippen LogP contribution in [0.25, 0.3) is 16.2 Å². The van der Waals surface area contributed by atoms with E-state index in [1.807, 2.05) is 11.3 Å². The molecule has 17 heavy (non-hydrogen) atoms. The Kier molecular flexibility index (Phi) is 4.35. The van der Waals surface area contributed by atoms with Crippen LogP contribution in [0.2, 0.25) is 0 Å². The van der Waals surface area contributed by atoms with Crippen LogP contribution in [0.1, 0.15) is 19.4 Å². The smallest absolute Gasteiger partial charge is 0.0348 e. The SMILES string of the molecule is CC(C)CNCC=Cc1csc2ccccc12. The maximum Gasteiger partial charge on any atom is 0.0348 e. The fourth-order valence-electron chi connectivity index (χ4n) is 1.77. The van der Waals surface area contributed by atoms with Gasteiger partial charge in [0.2, 0.25) is 0 Å². The highest BCUT2D eigenvalue weighted by Crippen LogP contribution is 2.26. The van der Waals surface area contributed by atoms with Crippen molar-refractivity contribution in [2.75, 3.05) is 13.1 Å². The molecule has 0 amide bonds. The highest BCUT2D eigenvalue weighted by atomic mass is 32.1. The van der Waals surface area contributed by atoms with Crippen molar-refractivity contribution in [2.24, 2.45) is 5.92 Å². The summed E-state index contributed by atoms with van der Waals surface area (Å²) >= 11 is 1.81. The molecule has 0 radical (unpaired) electrons. The second kappa shape index (κ2) is 5.99. The molecule has 0 bridgehead atoms. The van der Waals surface area contributed by atoms with E-state index in [4.69, 9.17) is 0 Å². The first kappa shape index (κ1) is 12.3. The summed E-state index contributed by atoms with van der Waals surface area (Å²) in [6.07, 6.45) is 4.42. The van der Waals surface area contributed by atoms with Gasteiger partial charge < -0.3 is 5.32 Å². The molecule has 1 N–H and O–H groups in total. The van der Waals surface area contributed by atoms with Gasteiger partial charge in [-0.2, -0.15) is 0 Å². The Bertz CT molecular complexity index is 496. The first-order valence-electron chi connectivity index (χ1n) is 6.11. The van der Waals surface area contributed by atoms with Gasteiger partial charge in [0.15, 0.2) is 0 Å². The van der Waals surface area contributed by atoms with Crippen LogP contribution in [0, 0.1) is 5.92 Å². The third kappa shape index (κ3) is 3.42. The number of benzene rings is 1. The lowest BCUT2D eigenvalue weighted by molar-refractivity contribution is 0.577. The van der Waals surface area contributed by atoms with Crippen LogP contribution < -0.4 is 5.32 Å². The Labute approximate surface area is 107 Å². The van der Waals surface area contributed by atoms with Gasteiger partial charge in [-0.1, -0.05) is 44.2 Å². The van der Waals surface area contributed by atoms with Crippen LogP contribution in [0.5, 0.6) is 0 Å². The number of hydrogen-bond donors (Lipinski definition) is 1. The molecule has 1 heterocycles. The van der Waals surface area contributed by atoms with E-state index < -0.39 is 0 Å².